The van der Waals surface area contributed by atoms with Crippen molar-refractivity contribution in [1.82, 2.24) is 0 Å². The van der Waals surface area contributed by atoms with Gasteiger partial charge in [0.05, 0.1) is 13.7 Å². The Morgan fingerprint density at radius 2 is 2.00 bits per heavy atom. The van der Waals surface area contributed by atoms with E-state index in [0.29, 0.717) is 23.7 Å². The molecule has 0 aliphatic heterocycles. The number of nitrogens with one attached hydrogen (secondary N) is 1. The van der Waals surface area contributed by atoms with E-state index >= 15 is 0 Å². The monoisotopic (exact) mass is 250 g/mol. The molecule has 3 N–H and O–H groups in total. The van der Waals surface area contributed by atoms with E-state index in [4.69, 9.17) is 20.6 Å². The molecule has 18 heavy (non-hydrogen) atoms. The molecular formula is C14H22N2O2. The molecule has 4 heteroatoms. The van der Waals surface area contributed by atoms with E-state index in [1.807, 2.05) is 0 Å². The van der Waals surface area contributed by atoms with Gasteiger partial charge in [0.2, 0.25) is 0 Å². The first-order chi connectivity index (χ1) is 8.69. The van der Waals surface area contributed by atoms with Crippen molar-refractivity contribution in [3.05, 3.63) is 23.8 Å². The topological polar surface area (TPSA) is 68.3 Å². The molecule has 0 atom stereocenters. The van der Waals surface area contributed by atoms with Crippen LogP contribution in [0.3, 0.4) is 0 Å². The van der Waals surface area contributed by atoms with Gasteiger partial charge in [0.15, 0.2) is 11.5 Å². The summed E-state index contributed by atoms with van der Waals surface area (Å²) in [5, 5.41) is 7.37. The van der Waals surface area contributed by atoms with Crippen LogP contribution in [0.4, 0.5) is 0 Å². The summed E-state index contributed by atoms with van der Waals surface area (Å²) < 4.78 is 10.9. The van der Waals surface area contributed by atoms with Crippen LogP contribution in [0.1, 0.15) is 38.2 Å². The van der Waals surface area contributed by atoms with E-state index in [-0.39, 0.29) is 5.84 Å². The molecule has 100 valence electrons. The van der Waals surface area contributed by atoms with Crippen LogP contribution in [-0.4, -0.2) is 19.6 Å². The van der Waals surface area contributed by atoms with Crippen LogP contribution in [0.25, 0.3) is 0 Å². The Balaban J connectivity index is 2.57. The second-order valence-electron chi connectivity index (χ2n) is 4.19. The van der Waals surface area contributed by atoms with Gasteiger partial charge < -0.3 is 15.2 Å². The van der Waals surface area contributed by atoms with E-state index in [9.17, 15) is 0 Å². The Morgan fingerprint density at radius 1 is 1.22 bits per heavy atom. The molecule has 0 fully saturated rings. The number of nitrogens with two attached hydrogens (primary N) is 1. The van der Waals surface area contributed by atoms with Gasteiger partial charge in [0.25, 0.3) is 0 Å². The van der Waals surface area contributed by atoms with Gasteiger partial charge in [-0.1, -0.05) is 26.2 Å². The molecule has 0 aliphatic carbocycles. The van der Waals surface area contributed by atoms with Gasteiger partial charge in [-0.05, 0) is 24.6 Å². The Hall–Kier alpha value is -1.71. The Kier molecular flexibility index (Phi) is 6.05. The van der Waals surface area contributed by atoms with Gasteiger partial charge >= 0.3 is 0 Å². The number of hydrogen-bond acceptors (Lipinski definition) is 3. The third-order valence-electron chi connectivity index (χ3n) is 2.73. The molecule has 0 heterocycles. The summed E-state index contributed by atoms with van der Waals surface area (Å²) in [7, 11) is 1.59. The molecule has 0 saturated heterocycles. The van der Waals surface area contributed by atoms with Crippen molar-refractivity contribution in [3.63, 3.8) is 0 Å². The van der Waals surface area contributed by atoms with Crippen molar-refractivity contribution in [2.45, 2.75) is 32.6 Å². The first kappa shape index (κ1) is 14.4. The van der Waals surface area contributed by atoms with Crippen LogP contribution < -0.4 is 15.2 Å². The maximum Gasteiger partial charge on any atom is 0.161 e. The largest absolute Gasteiger partial charge is 0.493 e. The molecule has 1 rings (SSSR count). The summed E-state index contributed by atoms with van der Waals surface area (Å²) >= 11 is 0. The first-order valence-electron chi connectivity index (χ1n) is 6.34. The highest BCUT2D eigenvalue weighted by atomic mass is 16.5. The molecule has 0 unspecified atom stereocenters. The molecule has 0 aliphatic rings. The Morgan fingerprint density at radius 3 is 2.61 bits per heavy atom. The summed E-state index contributed by atoms with van der Waals surface area (Å²) in [5.41, 5.74) is 6.07. The van der Waals surface area contributed by atoms with E-state index in [0.717, 1.165) is 6.42 Å². The van der Waals surface area contributed by atoms with Gasteiger partial charge in [-0.2, -0.15) is 0 Å². The highest BCUT2D eigenvalue weighted by Crippen LogP contribution is 2.28. The zero-order chi connectivity index (χ0) is 13.4. The Bertz CT molecular complexity index is 391. The fourth-order valence-electron chi connectivity index (χ4n) is 1.67. The summed E-state index contributed by atoms with van der Waals surface area (Å²) in [6.45, 7) is 2.88. The molecule has 4 nitrogen and oxygen atoms in total. The van der Waals surface area contributed by atoms with Crippen molar-refractivity contribution in [2.24, 2.45) is 5.73 Å². The quantitative estimate of drug-likeness (QED) is 0.423. The zero-order valence-corrected chi connectivity index (χ0v) is 11.2. The third kappa shape index (κ3) is 4.28. The summed E-state index contributed by atoms with van der Waals surface area (Å²) in [4.78, 5) is 0. The van der Waals surface area contributed by atoms with Crippen LogP contribution in [0.5, 0.6) is 11.5 Å². The van der Waals surface area contributed by atoms with E-state index in [2.05, 4.69) is 6.92 Å². The van der Waals surface area contributed by atoms with Crippen molar-refractivity contribution in [1.29, 1.82) is 5.41 Å². The van der Waals surface area contributed by atoms with Gasteiger partial charge in [0, 0.05) is 5.56 Å². The van der Waals surface area contributed by atoms with Crippen molar-refractivity contribution in [3.8, 4) is 11.5 Å². The molecule has 0 bridgehead atoms. The van der Waals surface area contributed by atoms with Gasteiger partial charge in [0.1, 0.15) is 5.84 Å². The lowest BCUT2D eigenvalue weighted by molar-refractivity contribution is 0.285. The summed E-state index contributed by atoms with van der Waals surface area (Å²) in [6, 6.07) is 5.30. The van der Waals surface area contributed by atoms with Crippen molar-refractivity contribution >= 4 is 5.84 Å². The van der Waals surface area contributed by atoms with E-state index in [1.54, 1.807) is 25.3 Å². The number of unbranched alkanes of at least 4 members (excludes halogenated alkanes) is 3. The normalized spacial score (nSPS) is 10.1. The molecule has 1 aromatic carbocycles. The average molecular weight is 250 g/mol. The van der Waals surface area contributed by atoms with Crippen molar-refractivity contribution < 1.29 is 9.47 Å². The standard InChI is InChI=1S/C14H22N2O2/c1-3-4-5-6-9-18-12-8-7-11(14(15)16)10-13(12)17-2/h7-8,10H,3-6,9H2,1-2H3,(H3,15,16). The zero-order valence-electron chi connectivity index (χ0n) is 11.2. The van der Waals surface area contributed by atoms with E-state index in [1.165, 1.54) is 19.3 Å². The lowest BCUT2D eigenvalue weighted by atomic mass is 10.2. The molecule has 0 aromatic heterocycles. The minimum absolute atomic E-state index is 0.0304. The SMILES string of the molecule is CCCCCCOc1ccc(C(=N)N)cc1OC. The minimum atomic E-state index is 0.0304. The van der Waals surface area contributed by atoms with Crippen LogP contribution in [0.2, 0.25) is 0 Å². The van der Waals surface area contributed by atoms with Crippen LogP contribution in [0.15, 0.2) is 18.2 Å². The third-order valence-corrected chi connectivity index (χ3v) is 2.73. The van der Waals surface area contributed by atoms with Gasteiger partial charge in [-0.15, -0.1) is 0 Å². The predicted molar refractivity (Wildman–Crippen MR) is 73.6 cm³/mol. The van der Waals surface area contributed by atoms with Crippen LogP contribution >= 0.6 is 0 Å². The fraction of sp³-hybridized carbons (Fsp3) is 0.500. The van der Waals surface area contributed by atoms with E-state index < -0.39 is 0 Å². The maximum absolute atomic E-state index is 7.37. The predicted octanol–water partition coefficient (Wildman–Crippen LogP) is 2.94. The number of ether oxygens (including phenoxy) is 2. The lowest BCUT2D eigenvalue weighted by Crippen LogP contribution is -2.11. The smallest absolute Gasteiger partial charge is 0.161 e. The van der Waals surface area contributed by atoms with Crippen molar-refractivity contribution in [2.75, 3.05) is 13.7 Å². The number of nitrogen functional groups attached to an aromatic ring is 1. The highest BCUT2D eigenvalue weighted by molar-refractivity contribution is 5.95. The molecule has 1 aromatic rings. The minimum Gasteiger partial charge on any atom is -0.493 e. The molecular weight excluding hydrogens is 228 g/mol. The second kappa shape index (κ2) is 7.58. The number of benzene rings is 1. The van der Waals surface area contributed by atoms with Gasteiger partial charge in [-0.25, -0.2) is 0 Å². The van der Waals surface area contributed by atoms with Gasteiger partial charge in [-0.3, -0.25) is 5.41 Å². The average Bonchev–Trinajstić information content (AvgIpc) is 2.38. The first-order valence-corrected chi connectivity index (χ1v) is 6.34. The van der Waals surface area contributed by atoms with Crippen LogP contribution in [-0.2, 0) is 0 Å². The number of methoxy groups -OCH3 is 1. The van der Waals surface area contributed by atoms with Crippen LogP contribution in [0, 0.1) is 5.41 Å². The highest BCUT2D eigenvalue weighted by Gasteiger charge is 2.07. The summed E-state index contributed by atoms with van der Waals surface area (Å²) in [6.07, 6.45) is 4.69. The number of hydrogen-bond donors (Lipinski definition) is 2. The molecule has 0 radical (unpaired) electrons. The number of rotatable bonds is 8. The Labute approximate surface area is 109 Å². The summed E-state index contributed by atoms with van der Waals surface area (Å²) in [5.74, 6) is 1.36. The lowest BCUT2D eigenvalue weighted by Gasteiger charge is -2.11. The molecule has 0 amide bonds. The molecule has 0 saturated carbocycles. The fourth-order valence-corrected chi connectivity index (χ4v) is 1.67. The number of amidine groups is 1. The molecule has 0 spiro atoms. The maximum atomic E-state index is 7.37. The second-order valence-corrected chi connectivity index (χ2v) is 4.19.